The molecule has 0 fully saturated rings. The monoisotopic (exact) mass is 255 g/mol. The second kappa shape index (κ2) is 6.50. The first-order valence-electron chi connectivity index (χ1n) is 5.70. The molecule has 1 N–H and O–H groups in total. The van der Waals surface area contributed by atoms with Crippen LogP contribution in [0.25, 0.3) is 0 Å². The molecule has 1 aromatic rings. The maximum atomic E-state index is 11.6. The first-order valence-corrected chi connectivity index (χ1v) is 6.08. The van der Waals surface area contributed by atoms with Gasteiger partial charge in [-0.05, 0) is 24.1 Å². The number of anilines is 1. The van der Waals surface area contributed by atoms with Gasteiger partial charge in [0.05, 0.1) is 12.7 Å². The van der Waals surface area contributed by atoms with E-state index in [4.69, 9.17) is 16.3 Å². The summed E-state index contributed by atoms with van der Waals surface area (Å²) in [6, 6.07) is 5.18. The van der Waals surface area contributed by atoms with E-state index < -0.39 is 0 Å². The Labute approximate surface area is 107 Å². The maximum Gasteiger partial charge on any atom is 0.340 e. The van der Waals surface area contributed by atoms with Gasteiger partial charge in [0.25, 0.3) is 0 Å². The fourth-order valence-electron chi connectivity index (χ4n) is 1.38. The number of carbonyl (C=O) groups is 1. The third-order valence-electron chi connectivity index (χ3n) is 2.72. The molecule has 1 atom stereocenters. The van der Waals surface area contributed by atoms with Crippen LogP contribution in [-0.4, -0.2) is 19.6 Å². The number of hydrogen-bond acceptors (Lipinski definition) is 3. The lowest BCUT2D eigenvalue weighted by Crippen LogP contribution is -2.13. The number of carbonyl (C=O) groups excluding carboxylic acids is 1. The topological polar surface area (TPSA) is 38.3 Å². The van der Waals surface area contributed by atoms with Gasteiger partial charge in [-0.2, -0.15) is 0 Å². The van der Waals surface area contributed by atoms with E-state index in [1.165, 1.54) is 7.11 Å². The Morgan fingerprint density at radius 3 is 2.82 bits per heavy atom. The van der Waals surface area contributed by atoms with Crippen molar-refractivity contribution in [1.29, 1.82) is 0 Å². The maximum absolute atomic E-state index is 11.6. The first kappa shape index (κ1) is 13.8. The van der Waals surface area contributed by atoms with Gasteiger partial charge in [-0.3, -0.25) is 0 Å². The fourth-order valence-corrected chi connectivity index (χ4v) is 1.55. The van der Waals surface area contributed by atoms with Crippen molar-refractivity contribution in [3.63, 3.8) is 0 Å². The van der Waals surface area contributed by atoms with E-state index in [0.717, 1.165) is 18.7 Å². The summed E-state index contributed by atoms with van der Waals surface area (Å²) in [4.78, 5) is 11.6. The van der Waals surface area contributed by atoms with Gasteiger partial charge in [-0.15, -0.1) is 0 Å². The molecular weight excluding hydrogens is 238 g/mol. The number of esters is 1. The van der Waals surface area contributed by atoms with Crippen molar-refractivity contribution in [3.05, 3.63) is 28.8 Å². The largest absolute Gasteiger partial charge is 0.465 e. The lowest BCUT2D eigenvalue weighted by Gasteiger charge is -2.14. The van der Waals surface area contributed by atoms with Crippen LogP contribution in [0.2, 0.25) is 5.02 Å². The summed E-state index contributed by atoms with van der Waals surface area (Å²) in [6.45, 7) is 5.11. The highest BCUT2D eigenvalue weighted by Crippen LogP contribution is 2.22. The lowest BCUT2D eigenvalue weighted by molar-refractivity contribution is 0.0602. The van der Waals surface area contributed by atoms with E-state index >= 15 is 0 Å². The summed E-state index contributed by atoms with van der Waals surface area (Å²) in [6.07, 6.45) is 1.09. The van der Waals surface area contributed by atoms with Crippen LogP contribution in [0.15, 0.2) is 18.2 Å². The second-order valence-electron chi connectivity index (χ2n) is 4.08. The van der Waals surface area contributed by atoms with Crippen LogP contribution >= 0.6 is 11.6 Å². The van der Waals surface area contributed by atoms with Gasteiger partial charge >= 0.3 is 5.97 Å². The minimum Gasteiger partial charge on any atom is -0.465 e. The molecular formula is C13H18ClNO2. The van der Waals surface area contributed by atoms with Crippen LogP contribution in [0.3, 0.4) is 0 Å². The number of benzene rings is 1. The number of halogens is 1. The Balaban J connectivity index is 2.86. The number of methoxy groups -OCH3 is 1. The fraction of sp³-hybridized carbons (Fsp3) is 0.462. The van der Waals surface area contributed by atoms with Gasteiger partial charge in [0.15, 0.2) is 0 Å². The van der Waals surface area contributed by atoms with Gasteiger partial charge in [0.1, 0.15) is 0 Å². The number of rotatable bonds is 5. The van der Waals surface area contributed by atoms with E-state index in [2.05, 4.69) is 19.2 Å². The Bertz CT molecular complexity index is 393. The van der Waals surface area contributed by atoms with Crippen LogP contribution in [0.5, 0.6) is 0 Å². The van der Waals surface area contributed by atoms with Crippen LogP contribution in [-0.2, 0) is 4.74 Å². The number of ether oxygens (including phenoxy) is 1. The average Bonchev–Trinajstić information content (AvgIpc) is 2.35. The molecule has 94 valence electrons. The van der Waals surface area contributed by atoms with E-state index in [0.29, 0.717) is 16.5 Å². The average molecular weight is 256 g/mol. The Morgan fingerprint density at radius 2 is 2.24 bits per heavy atom. The Hall–Kier alpha value is -1.22. The molecule has 0 aliphatic rings. The van der Waals surface area contributed by atoms with E-state index in [9.17, 15) is 4.79 Å². The second-order valence-corrected chi connectivity index (χ2v) is 4.51. The molecule has 0 aliphatic heterocycles. The zero-order chi connectivity index (χ0) is 12.8. The van der Waals surface area contributed by atoms with Crippen molar-refractivity contribution in [2.24, 2.45) is 5.92 Å². The molecule has 0 aromatic heterocycles. The van der Waals surface area contributed by atoms with Gasteiger partial charge in [0, 0.05) is 17.3 Å². The molecule has 1 unspecified atom stereocenters. The standard InChI is InChI=1S/C13H18ClNO2/c1-4-9(2)8-15-12-6-5-10(14)7-11(12)13(16)17-3/h5-7,9,15H,4,8H2,1-3H3. The third kappa shape index (κ3) is 3.93. The molecule has 1 aromatic carbocycles. The zero-order valence-electron chi connectivity index (χ0n) is 10.4. The highest BCUT2D eigenvalue weighted by atomic mass is 35.5. The van der Waals surface area contributed by atoms with Crippen molar-refractivity contribution < 1.29 is 9.53 Å². The van der Waals surface area contributed by atoms with Crippen molar-refractivity contribution in [2.75, 3.05) is 19.0 Å². The van der Waals surface area contributed by atoms with Crippen molar-refractivity contribution in [2.45, 2.75) is 20.3 Å². The van der Waals surface area contributed by atoms with Gasteiger partial charge < -0.3 is 10.1 Å². The summed E-state index contributed by atoms with van der Waals surface area (Å²) in [5.41, 5.74) is 1.24. The quantitative estimate of drug-likeness (QED) is 0.818. The van der Waals surface area contributed by atoms with E-state index in [1.807, 2.05) is 0 Å². The molecule has 0 saturated heterocycles. The summed E-state index contributed by atoms with van der Waals surface area (Å²) >= 11 is 5.87. The number of hydrogen-bond donors (Lipinski definition) is 1. The summed E-state index contributed by atoms with van der Waals surface area (Å²) in [5, 5.41) is 3.77. The highest BCUT2D eigenvalue weighted by molar-refractivity contribution is 6.31. The lowest BCUT2D eigenvalue weighted by atomic mass is 10.1. The Morgan fingerprint density at radius 1 is 1.53 bits per heavy atom. The van der Waals surface area contributed by atoms with Crippen molar-refractivity contribution in [3.8, 4) is 0 Å². The summed E-state index contributed by atoms with van der Waals surface area (Å²) in [7, 11) is 1.36. The molecule has 0 bridgehead atoms. The molecule has 0 spiro atoms. The molecule has 4 heteroatoms. The smallest absolute Gasteiger partial charge is 0.340 e. The summed E-state index contributed by atoms with van der Waals surface area (Å²) < 4.78 is 4.73. The van der Waals surface area contributed by atoms with Gasteiger partial charge in [-0.25, -0.2) is 4.79 Å². The number of nitrogens with one attached hydrogen (secondary N) is 1. The molecule has 17 heavy (non-hydrogen) atoms. The van der Waals surface area contributed by atoms with Gasteiger partial charge in [0.2, 0.25) is 0 Å². The first-order chi connectivity index (χ1) is 8.08. The molecule has 0 amide bonds. The van der Waals surface area contributed by atoms with Crippen LogP contribution in [0.1, 0.15) is 30.6 Å². The highest BCUT2D eigenvalue weighted by Gasteiger charge is 2.12. The van der Waals surface area contributed by atoms with Crippen LogP contribution in [0.4, 0.5) is 5.69 Å². The molecule has 1 rings (SSSR count). The minimum absolute atomic E-state index is 0.376. The van der Waals surface area contributed by atoms with Crippen LogP contribution < -0.4 is 5.32 Å². The van der Waals surface area contributed by atoms with E-state index in [1.54, 1.807) is 18.2 Å². The zero-order valence-corrected chi connectivity index (χ0v) is 11.2. The van der Waals surface area contributed by atoms with Crippen molar-refractivity contribution >= 4 is 23.3 Å². The van der Waals surface area contributed by atoms with E-state index in [-0.39, 0.29) is 5.97 Å². The molecule has 0 radical (unpaired) electrons. The summed E-state index contributed by atoms with van der Waals surface area (Å²) in [5.74, 6) is 0.176. The molecule has 3 nitrogen and oxygen atoms in total. The Kier molecular flexibility index (Phi) is 5.29. The predicted octanol–water partition coefficient (Wildman–Crippen LogP) is 3.58. The normalized spacial score (nSPS) is 12.0. The predicted molar refractivity (Wildman–Crippen MR) is 70.7 cm³/mol. The molecule has 0 aliphatic carbocycles. The van der Waals surface area contributed by atoms with Crippen LogP contribution in [0, 0.1) is 5.92 Å². The minimum atomic E-state index is -0.376. The SMILES string of the molecule is CCC(C)CNc1ccc(Cl)cc1C(=O)OC. The third-order valence-corrected chi connectivity index (χ3v) is 2.96. The molecule has 0 heterocycles. The van der Waals surface area contributed by atoms with Crippen molar-refractivity contribution in [1.82, 2.24) is 0 Å². The van der Waals surface area contributed by atoms with Gasteiger partial charge in [-0.1, -0.05) is 31.9 Å². The molecule has 0 saturated carbocycles.